The van der Waals surface area contributed by atoms with Crippen LogP contribution in [-0.2, 0) is 6.42 Å². The first-order valence-corrected chi connectivity index (χ1v) is 11.6. The zero-order chi connectivity index (χ0) is 19.3. The number of benzene rings is 2. The van der Waals surface area contributed by atoms with Gasteiger partial charge in [-0.05, 0) is 48.6 Å². The molecule has 0 radical (unpaired) electrons. The highest BCUT2D eigenvalue weighted by molar-refractivity contribution is 8.14. The summed E-state index contributed by atoms with van der Waals surface area (Å²) in [5, 5.41) is 9.05. The molecule has 1 aromatic heterocycles. The number of hydrogen-bond acceptors (Lipinski definition) is 5. The number of nitrogens with zero attached hydrogens (tertiary/aromatic N) is 2. The Bertz CT molecular complexity index is 931. The monoisotopic (exact) mass is 410 g/mol. The number of hydrogen-bond donors (Lipinski definition) is 2. The van der Waals surface area contributed by atoms with Crippen LogP contribution in [0.1, 0.15) is 25.8 Å². The predicted molar refractivity (Wildman–Crippen MR) is 124 cm³/mol. The summed E-state index contributed by atoms with van der Waals surface area (Å²) in [4.78, 5) is 9.44. The molecule has 4 rings (SSSR count). The minimum Gasteiger partial charge on any atom is -0.361 e. The summed E-state index contributed by atoms with van der Waals surface area (Å²) in [5.41, 5.74) is 3.38. The van der Waals surface area contributed by atoms with Gasteiger partial charge in [0, 0.05) is 18.3 Å². The van der Waals surface area contributed by atoms with Crippen LogP contribution in [0.25, 0.3) is 10.2 Å². The minimum atomic E-state index is 0.546. The van der Waals surface area contributed by atoms with Gasteiger partial charge >= 0.3 is 0 Å². The fraction of sp³-hybridized carbons (Fsp3) is 0.364. The molecule has 1 saturated heterocycles. The average molecular weight is 411 g/mol. The van der Waals surface area contributed by atoms with Gasteiger partial charge in [0.1, 0.15) is 0 Å². The van der Waals surface area contributed by atoms with Gasteiger partial charge in [-0.25, -0.2) is 9.98 Å². The van der Waals surface area contributed by atoms with Crippen LogP contribution < -0.4 is 10.6 Å². The molecule has 0 amide bonds. The molecule has 1 aliphatic rings. The maximum atomic E-state index is 4.81. The number of rotatable bonds is 7. The minimum absolute atomic E-state index is 0.546. The number of aliphatic imine (C=N–C) groups is 1. The first-order valence-electron chi connectivity index (χ1n) is 9.82. The van der Waals surface area contributed by atoms with E-state index in [4.69, 9.17) is 4.99 Å². The van der Waals surface area contributed by atoms with Crippen LogP contribution in [-0.4, -0.2) is 28.5 Å². The van der Waals surface area contributed by atoms with Crippen LogP contribution in [0, 0.1) is 5.92 Å². The Kier molecular flexibility index (Phi) is 6.17. The van der Waals surface area contributed by atoms with E-state index in [-0.39, 0.29) is 0 Å². The van der Waals surface area contributed by atoms with Gasteiger partial charge in [0.25, 0.3) is 0 Å². The molecule has 2 aromatic carbocycles. The van der Waals surface area contributed by atoms with E-state index in [0.29, 0.717) is 12.0 Å². The Morgan fingerprint density at radius 1 is 1.21 bits per heavy atom. The van der Waals surface area contributed by atoms with E-state index in [0.717, 1.165) is 40.2 Å². The van der Waals surface area contributed by atoms with E-state index in [1.54, 1.807) is 11.3 Å². The molecule has 3 aromatic rings. The van der Waals surface area contributed by atoms with E-state index in [9.17, 15) is 0 Å². The third kappa shape index (κ3) is 5.06. The molecule has 4 nitrogen and oxygen atoms in total. The lowest BCUT2D eigenvalue weighted by atomic mass is 10.1. The molecule has 0 saturated carbocycles. The fourth-order valence-electron chi connectivity index (χ4n) is 3.36. The first-order chi connectivity index (χ1) is 13.7. The summed E-state index contributed by atoms with van der Waals surface area (Å²) in [7, 11) is 0. The number of fused-ring (bicyclic) bond motifs is 1. The zero-order valence-electron chi connectivity index (χ0n) is 16.3. The molecule has 2 heterocycles. The van der Waals surface area contributed by atoms with E-state index >= 15 is 0 Å². The highest BCUT2D eigenvalue weighted by Gasteiger charge is 2.20. The molecular formula is C22H26N4S2. The molecule has 2 N–H and O–H groups in total. The highest BCUT2D eigenvalue weighted by Crippen LogP contribution is 2.26. The number of thioether (sulfide) groups is 1. The van der Waals surface area contributed by atoms with Crippen LogP contribution in [0.4, 0.5) is 10.8 Å². The Morgan fingerprint density at radius 3 is 2.96 bits per heavy atom. The summed E-state index contributed by atoms with van der Waals surface area (Å²) in [5.74, 6) is 1.83. The average Bonchev–Trinajstić information content (AvgIpc) is 3.27. The lowest BCUT2D eigenvalue weighted by Crippen LogP contribution is -2.28. The molecule has 1 atom stereocenters. The maximum absolute atomic E-state index is 4.81. The largest absolute Gasteiger partial charge is 0.361 e. The van der Waals surface area contributed by atoms with Crippen molar-refractivity contribution in [3.05, 3.63) is 54.1 Å². The van der Waals surface area contributed by atoms with Gasteiger partial charge in [0.2, 0.25) is 0 Å². The first kappa shape index (κ1) is 19.3. The van der Waals surface area contributed by atoms with Crippen molar-refractivity contribution in [2.75, 3.05) is 17.6 Å². The topological polar surface area (TPSA) is 49.3 Å². The van der Waals surface area contributed by atoms with Gasteiger partial charge in [-0.2, -0.15) is 0 Å². The maximum Gasteiger partial charge on any atom is 0.183 e. The zero-order valence-corrected chi connectivity index (χ0v) is 17.9. The molecule has 28 heavy (non-hydrogen) atoms. The van der Waals surface area contributed by atoms with Crippen LogP contribution >= 0.6 is 23.1 Å². The van der Waals surface area contributed by atoms with Gasteiger partial charge in [0.15, 0.2) is 10.3 Å². The van der Waals surface area contributed by atoms with Gasteiger partial charge in [-0.1, -0.05) is 61.2 Å². The van der Waals surface area contributed by atoms with Crippen molar-refractivity contribution < 1.29 is 0 Å². The van der Waals surface area contributed by atoms with E-state index in [1.165, 1.54) is 16.7 Å². The number of anilines is 1. The van der Waals surface area contributed by atoms with Crippen molar-refractivity contribution >= 4 is 49.3 Å². The van der Waals surface area contributed by atoms with Gasteiger partial charge in [0.05, 0.1) is 15.9 Å². The van der Waals surface area contributed by atoms with Crippen molar-refractivity contribution in [1.29, 1.82) is 0 Å². The quantitative estimate of drug-likeness (QED) is 0.525. The lowest BCUT2D eigenvalue weighted by Gasteiger charge is -2.11. The number of nitrogens with one attached hydrogen (secondary N) is 2. The van der Waals surface area contributed by atoms with E-state index in [2.05, 4.69) is 71.9 Å². The van der Waals surface area contributed by atoms with E-state index in [1.807, 2.05) is 17.8 Å². The summed E-state index contributed by atoms with van der Waals surface area (Å²) in [6.07, 6.45) is 2.15. The van der Waals surface area contributed by atoms with Crippen molar-refractivity contribution in [2.45, 2.75) is 32.7 Å². The van der Waals surface area contributed by atoms with Crippen LogP contribution in [0.2, 0.25) is 0 Å². The SMILES string of the molecule is CC(C)C[C@@H]1CS/C(=N/c2cccc(CCNc3nc4ccccc4s3)c2)N1. The van der Waals surface area contributed by atoms with Crippen molar-refractivity contribution in [1.82, 2.24) is 10.3 Å². The highest BCUT2D eigenvalue weighted by atomic mass is 32.2. The Hall–Kier alpha value is -2.05. The molecule has 0 unspecified atom stereocenters. The summed E-state index contributed by atoms with van der Waals surface area (Å²) in [6.45, 7) is 5.41. The molecule has 6 heteroatoms. The lowest BCUT2D eigenvalue weighted by molar-refractivity contribution is 0.503. The van der Waals surface area contributed by atoms with Gasteiger partial charge in [-0.15, -0.1) is 0 Å². The second-order valence-electron chi connectivity index (χ2n) is 7.53. The normalized spacial score (nSPS) is 18.1. The third-order valence-corrected chi connectivity index (χ3v) is 6.68. The number of aromatic nitrogens is 1. The molecule has 0 spiro atoms. The smallest absolute Gasteiger partial charge is 0.183 e. The van der Waals surface area contributed by atoms with Crippen LogP contribution in [0.5, 0.6) is 0 Å². The number of amidine groups is 1. The summed E-state index contributed by atoms with van der Waals surface area (Å²) < 4.78 is 1.22. The Balaban J connectivity index is 1.33. The van der Waals surface area contributed by atoms with Crippen molar-refractivity contribution in [3.63, 3.8) is 0 Å². The van der Waals surface area contributed by atoms with Crippen molar-refractivity contribution in [2.24, 2.45) is 10.9 Å². The second-order valence-corrected chi connectivity index (χ2v) is 9.57. The molecule has 1 aliphatic heterocycles. The summed E-state index contributed by atoms with van der Waals surface area (Å²) >= 11 is 3.54. The van der Waals surface area contributed by atoms with Crippen molar-refractivity contribution in [3.8, 4) is 0 Å². The van der Waals surface area contributed by atoms with Gasteiger partial charge < -0.3 is 10.6 Å². The number of para-hydroxylation sites is 1. The van der Waals surface area contributed by atoms with Crippen LogP contribution in [0.3, 0.4) is 0 Å². The molecule has 0 bridgehead atoms. The second kappa shape index (κ2) is 8.97. The molecule has 0 aliphatic carbocycles. The fourth-order valence-corrected chi connectivity index (χ4v) is 5.25. The molecule has 146 valence electrons. The predicted octanol–water partition coefficient (Wildman–Crippen LogP) is 5.69. The third-order valence-electron chi connectivity index (χ3n) is 4.63. The molecular weight excluding hydrogens is 384 g/mol. The molecule has 1 fully saturated rings. The standard InChI is InChI=1S/C22H26N4S2/c1-15(2)12-18-14-27-22(25-18)24-17-7-5-6-16(13-17)10-11-23-21-26-19-8-3-4-9-20(19)28-21/h3-9,13,15,18H,10-12,14H2,1-2H3,(H,23,26)(H,24,25)/t18-/m1/s1. The Morgan fingerprint density at radius 2 is 2.11 bits per heavy atom. The van der Waals surface area contributed by atoms with E-state index < -0.39 is 0 Å². The van der Waals surface area contributed by atoms with Gasteiger partial charge in [-0.3, -0.25) is 0 Å². The summed E-state index contributed by atoms with van der Waals surface area (Å²) in [6, 6.07) is 17.3. The Labute approximate surface area is 174 Å². The number of thiazole rings is 1. The van der Waals surface area contributed by atoms with Crippen LogP contribution in [0.15, 0.2) is 53.5 Å².